The maximum Gasteiger partial charge on any atom is 0.139 e. The van der Waals surface area contributed by atoms with Gasteiger partial charge in [-0.2, -0.15) is 10.4 Å². The predicted molar refractivity (Wildman–Crippen MR) is 50.9 cm³/mol. The van der Waals surface area contributed by atoms with Gasteiger partial charge < -0.3 is 5.73 Å². The lowest BCUT2D eigenvalue weighted by molar-refractivity contribution is 0.718. The predicted octanol–water partition coefficient (Wildman–Crippen LogP) is 1.22. The van der Waals surface area contributed by atoms with Crippen molar-refractivity contribution in [3.05, 3.63) is 11.3 Å². The molecule has 0 fully saturated rings. The summed E-state index contributed by atoms with van der Waals surface area (Å²) in [5.74, 6) is 0.466. The Morgan fingerprint density at radius 2 is 2.31 bits per heavy atom. The number of nitrogen functional groups attached to an aromatic ring is 1. The third-order valence-corrected chi connectivity index (χ3v) is 2.04. The molecule has 0 saturated carbocycles. The highest BCUT2D eigenvalue weighted by Crippen LogP contribution is 2.16. The Balaban J connectivity index is 2.94. The first kappa shape index (κ1) is 9.59. The van der Waals surface area contributed by atoms with Crippen LogP contribution in [0.3, 0.4) is 0 Å². The fourth-order valence-electron chi connectivity index (χ4n) is 1.24. The normalized spacial score (nSPS) is 9.92. The van der Waals surface area contributed by atoms with Gasteiger partial charge in [-0.15, -0.1) is 0 Å². The molecule has 0 aromatic carbocycles. The Hall–Kier alpha value is -1.50. The number of unbranched alkanes of at least 4 members (excludes halogenated alkanes) is 1. The molecule has 4 nitrogen and oxygen atoms in total. The molecule has 0 atom stereocenters. The average Bonchev–Trinajstić information content (AvgIpc) is 2.39. The molecule has 1 aromatic rings. The number of nitrogens with two attached hydrogens (primary N) is 1. The number of anilines is 1. The van der Waals surface area contributed by atoms with Crippen molar-refractivity contribution < 1.29 is 0 Å². The first-order valence-corrected chi connectivity index (χ1v) is 4.42. The van der Waals surface area contributed by atoms with Crippen LogP contribution < -0.4 is 5.73 Å². The molecule has 0 radical (unpaired) electrons. The van der Waals surface area contributed by atoms with Crippen molar-refractivity contribution in [1.29, 1.82) is 5.26 Å². The Morgan fingerprint density at radius 1 is 1.62 bits per heavy atom. The van der Waals surface area contributed by atoms with Gasteiger partial charge in [0.15, 0.2) is 0 Å². The second-order valence-corrected chi connectivity index (χ2v) is 3.05. The highest BCUT2D eigenvalue weighted by atomic mass is 15.3. The molecule has 0 aliphatic heterocycles. The Kier molecular flexibility index (Phi) is 2.91. The molecule has 0 aliphatic rings. The van der Waals surface area contributed by atoms with Gasteiger partial charge in [-0.3, -0.25) is 4.68 Å². The zero-order valence-electron chi connectivity index (χ0n) is 8.04. The van der Waals surface area contributed by atoms with E-state index in [0.29, 0.717) is 11.4 Å². The fourth-order valence-corrected chi connectivity index (χ4v) is 1.24. The lowest BCUT2D eigenvalue weighted by Crippen LogP contribution is -1.97. The van der Waals surface area contributed by atoms with Crippen molar-refractivity contribution in [1.82, 2.24) is 9.78 Å². The third kappa shape index (κ3) is 1.81. The average molecular weight is 178 g/mol. The molecule has 4 heteroatoms. The number of hydrogen-bond acceptors (Lipinski definition) is 3. The van der Waals surface area contributed by atoms with E-state index in [-0.39, 0.29) is 0 Å². The van der Waals surface area contributed by atoms with Crippen molar-refractivity contribution >= 4 is 5.82 Å². The lowest BCUT2D eigenvalue weighted by Gasteiger charge is -1.92. The molecule has 1 heterocycles. The molecule has 13 heavy (non-hydrogen) atoms. The second-order valence-electron chi connectivity index (χ2n) is 3.05. The van der Waals surface area contributed by atoms with E-state index >= 15 is 0 Å². The number of nitrogens with zero attached hydrogens (tertiary/aromatic N) is 3. The summed E-state index contributed by atoms with van der Waals surface area (Å²) < 4.78 is 1.56. The topological polar surface area (TPSA) is 67.6 Å². The standard InChI is InChI=1S/C9H14N4/c1-3-4-5-8-7(6-10)9(11)13(2)12-8/h3-5,11H2,1-2H3. The smallest absolute Gasteiger partial charge is 0.139 e. The van der Waals surface area contributed by atoms with Crippen LogP contribution in [0.2, 0.25) is 0 Å². The summed E-state index contributed by atoms with van der Waals surface area (Å²) >= 11 is 0. The molecule has 2 N–H and O–H groups in total. The SMILES string of the molecule is CCCCc1nn(C)c(N)c1C#N. The van der Waals surface area contributed by atoms with Gasteiger partial charge in [0.1, 0.15) is 17.5 Å². The van der Waals surface area contributed by atoms with Crippen LogP contribution in [0.15, 0.2) is 0 Å². The summed E-state index contributed by atoms with van der Waals surface area (Å²) in [5.41, 5.74) is 7.03. The van der Waals surface area contributed by atoms with E-state index in [1.165, 1.54) is 0 Å². The first-order valence-electron chi connectivity index (χ1n) is 4.42. The minimum absolute atomic E-state index is 0.466. The monoisotopic (exact) mass is 178 g/mol. The van der Waals surface area contributed by atoms with E-state index in [0.717, 1.165) is 25.0 Å². The van der Waals surface area contributed by atoms with Crippen LogP contribution in [-0.4, -0.2) is 9.78 Å². The summed E-state index contributed by atoms with van der Waals surface area (Å²) in [6, 6.07) is 2.09. The number of aryl methyl sites for hydroxylation is 2. The molecule has 0 spiro atoms. The first-order chi connectivity index (χ1) is 6.20. The Bertz CT molecular complexity index is 332. The largest absolute Gasteiger partial charge is 0.383 e. The van der Waals surface area contributed by atoms with Crippen molar-refractivity contribution in [2.45, 2.75) is 26.2 Å². The molecular formula is C9H14N4. The fraction of sp³-hybridized carbons (Fsp3) is 0.556. The van der Waals surface area contributed by atoms with Gasteiger partial charge in [0.05, 0.1) is 5.69 Å². The summed E-state index contributed by atoms with van der Waals surface area (Å²) in [4.78, 5) is 0. The molecule has 0 saturated heterocycles. The van der Waals surface area contributed by atoms with Crippen molar-refractivity contribution in [2.24, 2.45) is 7.05 Å². The van der Waals surface area contributed by atoms with Gasteiger partial charge in [0.25, 0.3) is 0 Å². The van der Waals surface area contributed by atoms with Gasteiger partial charge in [-0.05, 0) is 12.8 Å². The van der Waals surface area contributed by atoms with E-state index in [2.05, 4.69) is 18.1 Å². The van der Waals surface area contributed by atoms with Gasteiger partial charge in [-0.1, -0.05) is 13.3 Å². The van der Waals surface area contributed by atoms with Gasteiger partial charge in [-0.25, -0.2) is 0 Å². The molecule has 0 aliphatic carbocycles. The van der Waals surface area contributed by atoms with E-state index < -0.39 is 0 Å². The maximum absolute atomic E-state index is 8.83. The van der Waals surface area contributed by atoms with Crippen LogP contribution in [0.4, 0.5) is 5.82 Å². The van der Waals surface area contributed by atoms with Crippen molar-refractivity contribution in [2.75, 3.05) is 5.73 Å². The van der Waals surface area contributed by atoms with Gasteiger partial charge in [0.2, 0.25) is 0 Å². The summed E-state index contributed by atoms with van der Waals surface area (Å²) in [6.07, 6.45) is 2.98. The number of nitriles is 1. The van der Waals surface area contributed by atoms with Crippen LogP contribution >= 0.6 is 0 Å². The van der Waals surface area contributed by atoms with Crippen LogP contribution in [0.25, 0.3) is 0 Å². The van der Waals surface area contributed by atoms with Crippen LogP contribution in [-0.2, 0) is 13.5 Å². The van der Waals surface area contributed by atoms with Crippen LogP contribution in [0, 0.1) is 11.3 Å². The zero-order valence-corrected chi connectivity index (χ0v) is 8.04. The number of rotatable bonds is 3. The minimum atomic E-state index is 0.466. The quantitative estimate of drug-likeness (QED) is 0.756. The Labute approximate surface area is 78.0 Å². The highest BCUT2D eigenvalue weighted by Gasteiger charge is 2.11. The van der Waals surface area contributed by atoms with Crippen LogP contribution in [0.5, 0.6) is 0 Å². The number of hydrogen-bond donors (Lipinski definition) is 1. The summed E-state index contributed by atoms with van der Waals surface area (Å²) in [5, 5.41) is 13.0. The maximum atomic E-state index is 8.83. The van der Waals surface area contributed by atoms with Gasteiger partial charge in [0, 0.05) is 7.05 Å². The Morgan fingerprint density at radius 3 is 2.85 bits per heavy atom. The van der Waals surface area contributed by atoms with E-state index in [1.807, 2.05) is 0 Å². The molecular weight excluding hydrogens is 164 g/mol. The third-order valence-electron chi connectivity index (χ3n) is 2.04. The molecule has 70 valence electrons. The zero-order chi connectivity index (χ0) is 9.84. The second kappa shape index (κ2) is 3.94. The van der Waals surface area contributed by atoms with Crippen molar-refractivity contribution in [3.63, 3.8) is 0 Å². The molecule has 0 unspecified atom stereocenters. The number of aromatic nitrogens is 2. The van der Waals surface area contributed by atoms with Gasteiger partial charge >= 0.3 is 0 Å². The molecule has 1 aromatic heterocycles. The highest BCUT2D eigenvalue weighted by molar-refractivity contribution is 5.51. The molecule has 0 amide bonds. The van der Waals surface area contributed by atoms with E-state index in [9.17, 15) is 0 Å². The van der Waals surface area contributed by atoms with E-state index in [4.69, 9.17) is 11.0 Å². The van der Waals surface area contributed by atoms with Crippen LogP contribution in [0.1, 0.15) is 31.0 Å². The summed E-state index contributed by atoms with van der Waals surface area (Å²) in [7, 11) is 1.76. The van der Waals surface area contributed by atoms with E-state index in [1.54, 1.807) is 11.7 Å². The molecule has 1 rings (SSSR count). The minimum Gasteiger partial charge on any atom is -0.383 e. The van der Waals surface area contributed by atoms with Crippen molar-refractivity contribution in [3.8, 4) is 6.07 Å². The summed E-state index contributed by atoms with van der Waals surface area (Å²) in [6.45, 7) is 2.11. The lowest BCUT2D eigenvalue weighted by atomic mass is 10.1. The molecule has 0 bridgehead atoms.